The van der Waals surface area contributed by atoms with E-state index in [-0.39, 0.29) is 0 Å². The minimum Gasteiger partial charge on any atom is -0.384 e. The fourth-order valence-electron chi connectivity index (χ4n) is 2.46. The third kappa shape index (κ3) is 4.08. The van der Waals surface area contributed by atoms with Crippen LogP contribution in [0.1, 0.15) is 22.8 Å². The van der Waals surface area contributed by atoms with Crippen molar-refractivity contribution in [3.63, 3.8) is 0 Å². The van der Waals surface area contributed by atoms with Gasteiger partial charge in [0.15, 0.2) is 0 Å². The average Bonchev–Trinajstić information content (AvgIpc) is 2.48. The van der Waals surface area contributed by atoms with Gasteiger partial charge in [-0.1, -0.05) is 74.2 Å². The summed E-state index contributed by atoms with van der Waals surface area (Å²) in [6.07, 6.45) is 1.17. The molecule has 2 heteroatoms. The second-order valence-electron chi connectivity index (χ2n) is 6.61. The predicted octanol–water partition coefficient (Wildman–Crippen LogP) is 5.14. The normalized spacial score (nSPS) is 12.4. The van der Waals surface area contributed by atoms with Crippen molar-refractivity contribution >= 4 is 13.3 Å². The van der Waals surface area contributed by atoms with Crippen LogP contribution in [-0.2, 0) is 0 Å². The number of aryl methyl sites for hydroxylation is 1. The summed E-state index contributed by atoms with van der Waals surface area (Å²) in [5, 5.41) is 11.6. The quantitative estimate of drug-likeness (QED) is 0.612. The lowest BCUT2D eigenvalue weighted by molar-refractivity contribution is 0.229. The summed E-state index contributed by atoms with van der Waals surface area (Å²) in [4.78, 5) is 0. The Kier molecular flexibility index (Phi) is 5.20. The summed E-state index contributed by atoms with van der Waals surface area (Å²) in [5.41, 5.74) is 6.82. The highest BCUT2D eigenvalue weighted by Gasteiger charge is 2.22. The van der Waals surface area contributed by atoms with Crippen molar-refractivity contribution in [1.82, 2.24) is 0 Å². The second kappa shape index (κ2) is 6.93. The summed E-state index contributed by atoms with van der Waals surface area (Å²) in [7, 11) is -1.56. The topological polar surface area (TPSA) is 20.2 Å². The Morgan fingerprint density at radius 2 is 1.59 bits per heavy atom. The van der Waals surface area contributed by atoms with Gasteiger partial charge in [0, 0.05) is 0 Å². The van der Waals surface area contributed by atoms with Crippen molar-refractivity contribution in [3.05, 3.63) is 83.1 Å². The first-order valence-corrected chi connectivity index (χ1v) is 11.2. The summed E-state index contributed by atoms with van der Waals surface area (Å²) >= 11 is 0. The predicted molar refractivity (Wildman–Crippen MR) is 97.4 cm³/mol. The van der Waals surface area contributed by atoms with Crippen molar-refractivity contribution in [1.29, 1.82) is 0 Å². The molecule has 1 atom stereocenters. The molecule has 0 aliphatic carbocycles. The van der Waals surface area contributed by atoms with Gasteiger partial charge in [-0.2, -0.15) is 0 Å². The molecule has 0 spiro atoms. The zero-order valence-corrected chi connectivity index (χ0v) is 14.8. The van der Waals surface area contributed by atoms with Gasteiger partial charge in [-0.05, 0) is 34.9 Å². The molecule has 0 amide bonds. The third-order valence-corrected chi connectivity index (χ3v) is 5.60. The highest BCUT2D eigenvalue weighted by Crippen LogP contribution is 2.27. The molecule has 22 heavy (non-hydrogen) atoms. The Balaban J connectivity index is 2.47. The van der Waals surface area contributed by atoms with E-state index in [9.17, 15) is 5.11 Å². The highest BCUT2D eigenvalue weighted by molar-refractivity contribution is 6.93. The van der Waals surface area contributed by atoms with Crippen LogP contribution < -0.4 is 0 Å². The molecular weight excluding hydrogens is 284 g/mol. The number of hydrogen-bond donors (Lipinski definition) is 1. The van der Waals surface area contributed by atoms with Crippen molar-refractivity contribution in [2.45, 2.75) is 32.7 Å². The number of hydrogen-bond acceptors (Lipinski definition) is 1. The van der Waals surface area contributed by atoms with Crippen LogP contribution in [0, 0.1) is 6.92 Å². The average molecular weight is 308 g/mol. The van der Waals surface area contributed by atoms with E-state index >= 15 is 0 Å². The van der Waals surface area contributed by atoms with Gasteiger partial charge in [0.2, 0.25) is 0 Å². The van der Waals surface area contributed by atoms with E-state index in [4.69, 9.17) is 0 Å². The molecule has 0 fully saturated rings. The van der Waals surface area contributed by atoms with Gasteiger partial charge in [0.1, 0.15) is 6.10 Å². The molecule has 0 bridgehead atoms. The Bertz CT molecular complexity index is 689. The van der Waals surface area contributed by atoms with Crippen LogP contribution in [0.25, 0.3) is 5.20 Å². The standard InChI is InChI=1S/C20H24OSi/c1-16-10-8-9-13-18(16)20(22(2,3)4)15-14-19(21)17-11-6-5-7-12-17/h5-14,19,21H,1-4H3/t15?,19-/m0/s1. The maximum atomic E-state index is 10.3. The van der Waals surface area contributed by atoms with Crippen LogP contribution in [0.5, 0.6) is 0 Å². The van der Waals surface area contributed by atoms with Gasteiger partial charge in [-0.25, -0.2) is 0 Å². The Morgan fingerprint density at radius 3 is 2.18 bits per heavy atom. The molecule has 0 aliphatic rings. The highest BCUT2D eigenvalue weighted by atomic mass is 28.3. The molecule has 0 unspecified atom stereocenters. The Morgan fingerprint density at radius 1 is 1.00 bits per heavy atom. The van der Waals surface area contributed by atoms with E-state index in [0.717, 1.165) is 5.56 Å². The van der Waals surface area contributed by atoms with E-state index in [1.807, 2.05) is 30.3 Å². The van der Waals surface area contributed by atoms with Crippen molar-refractivity contribution in [3.8, 4) is 0 Å². The van der Waals surface area contributed by atoms with Crippen molar-refractivity contribution in [2.24, 2.45) is 0 Å². The lowest BCUT2D eigenvalue weighted by atomic mass is 10.1. The molecule has 0 saturated heterocycles. The lowest BCUT2D eigenvalue weighted by Gasteiger charge is -2.21. The molecule has 2 aromatic rings. The minimum absolute atomic E-state index is 0.614. The molecule has 1 nitrogen and oxygen atoms in total. The zero-order chi connectivity index (χ0) is 16.2. The lowest BCUT2D eigenvalue weighted by Crippen LogP contribution is -2.22. The van der Waals surface area contributed by atoms with Crippen LogP contribution in [0.15, 0.2) is 66.4 Å². The van der Waals surface area contributed by atoms with E-state index < -0.39 is 14.2 Å². The fraction of sp³-hybridized carbons (Fsp3) is 0.250. The summed E-state index contributed by atoms with van der Waals surface area (Å²) in [5.74, 6) is 0. The number of benzene rings is 2. The molecule has 0 aliphatic heterocycles. The molecule has 0 saturated carbocycles. The largest absolute Gasteiger partial charge is 0.384 e. The van der Waals surface area contributed by atoms with Gasteiger partial charge in [0.05, 0.1) is 8.07 Å². The van der Waals surface area contributed by atoms with Gasteiger partial charge in [-0.3, -0.25) is 0 Å². The number of rotatable bonds is 4. The van der Waals surface area contributed by atoms with Crippen LogP contribution in [0.4, 0.5) is 0 Å². The Hall–Kier alpha value is -1.86. The molecule has 1 N–H and O–H groups in total. The van der Waals surface area contributed by atoms with E-state index in [2.05, 4.69) is 56.6 Å². The smallest absolute Gasteiger partial charge is 0.104 e. The first-order valence-electron chi connectivity index (χ1n) is 7.66. The second-order valence-corrected chi connectivity index (χ2v) is 11.6. The summed E-state index contributed by atoms with van der Waals surface area (Å²) < 4.78 is 0. The van der Waals surface area contributed by atoms with E-state index in [0.29, 0.717) is 0 Å². The van der Waals surface area contributed by atoms with Crippen molar-refractivity contribution in [2.75, 3.05) is 0 Å². The van der Waals surface area contributed by atoms with Crippen LogP contribution in [0.2, 0.25) is 19.6 Å². The van der Waals surface area contributed by atoms with Crippen molar-refractivity contribution < 1.29 is 5.11 Å². The van der Waals surface area contributed by atoms with Gasteiger partial charge >= 0.3 is 0 Å². The van der Waals surface area contributed by atoms with Crippen LogP contribution in [-0.4, -0.2) is 13.2 Å². The monoisotopic (exact) mass is 308 g/mol. The summed E-state index contributed by atoms with van der Waals surface area (Å²) in [6.45, 7) is 9.06. The number of aliphatic hydroxyl groups excluding tert-OH is 1. The summed E-state index contributed by atoms with van der Waals surface area (Å²) in [6, 6.07) is 18.1. The third-order valence-electron chi connectivity index (χ3n) is 3.69. The maximum absolute atomic E-state index is 10.3. The van der Waals surface area contributed by atoms with Gasteiger partial charge in [0.25, 0.3) is 0 Å². The molecular formula is C20H24OSi. The van der Waals surface area contributed by atoms with Crippen LogP contribution >= 0.6 is 0 Å². The number of aliphatic hydroxyl groups is 1. The molecule has 114 valence electrons. The molecule has 0 aromatic heterocycles. The molecule has 0 heterocycles. The minimum atomic E-state index is -1.56. The van der Waals surface area contributed by atoms with E-state index in [1.54, 1.807) is 6.08 Å². The zero-order valence-electron chi connectivity index (χ0n) is 13.8. The fourth-order valence-corrected chi connectivity index (χ4v) is 4.07. The molecule has 0 radical (unpaired) electrons. The SMILES string of the molecule is Cc1ccccc1C(=C=C[C@H](O)c1ccccc1)[Si](C)(C)C. The van der Waals surface area contributed by atoms with Crippen LogP contribution in [0.3, 0.4) is 0 Å². The Labute approximate surface area is 134 Å². The molecule has 2 aromatic carbocycles. The molecule has 2 rings (SSSR count). The van der Waals surface area contributed by atoms with Gasteiger partial charge < -0.3 is 5.11 Å². The maximum Gasteiger partial charge on any atom is 0.104 e. The van der Waals surface area contributed by atoms with E-state index in [1.165, 1.54) is 16.3 Å². The first kappa shape index (κ1) is 16.5. The first-order chi connectivity index (χ1) is 10.4. The van der Waals surface area contributed by atoms with Gasteiger partial charge in [-0.15, -0.1) is 5.73 Å².